The molecule has 14 nitrogen and oxygen atoms in total. The second kappa shape index (κ2) is 20.9. The summed E-state index contributed by atoms with van der Waals surface area (Å²) in [6.45, 7) is 8.57. The predicted octanol–water partition coefficient (Wildman–Crippen LogP) is 9.98. The maximum atomic E-state index is 14.6. The lowest BCUT2D eigenvalue weighted by atomic mass is 9.83. The Morgan fingerprint density at radius 1 is 0.634 bits per heavy atom. The summed E-state index contributed by atoms with van der Waals surface area (Å²) in [6, 6.07) is 35.4. The number of H-pyrrole nitrogens is 2. The van der Waals surface area contributed by atoms with Crippen LogP contribution < -0.4 is 10.6 Å². The van der Waals surface area contributed by atoms with Crippen molar-refractivity contribution in [1.29, 1.82) is 0 Å². The molecule has 0 radical (unpaired) electrons. The number of hydrogen-bond acceptors (Lipinski definition) is 8. The van der Waals surface area contributed by atoms with Crippen molar-refractivity contribution in [2.24, 2.45) is 5.92 Å². The SMILES string of the molecule is CC(C)(C)OC(=O)N[C@H](C(=O)N1CC[C@@H]2[C@H]1[C@@H](c1c[nH]c3ccccc13)CN2C(=O)OCc1ccccc1)C1CCCCC1.O=C(OCc1ccccc1)N1C[C@H](c2c[nH]c3ccccc23)[C@H]2NCC[C@H]21. The number of nitrogens with one attached hydrogen (secondary N) is 4. The summed E-state index contributed by atoms with van der Waals surface area (Å²) < 4.78 is 17.0. The zero-order valence-corrected chi connectivity index (χ0v) is 41.1. The maximum Gasteiger partial charge on any atom is 0.410 e. The average Bonchev–Trinajstić information content (AvgIpc) is 4.26. The highest BCUT2D eigenvalue weighted by atomic mass is 16.6. The highest BCUT2D eigenvalue weighted by molar-refractivity contribution is 5.88. The smallest absolute Gasteiger partial charge is 0.410 e. The van der Waals surface area contributed by atoms with Crippen LogP contribution in [0.25, 0.3) is 21.8 Å². The molecular weight excluding hydrogens is 895 g/mol. The topological polar surface area (TPSA) is 161 Å². The first-order valence-electron chi connectivity index (χ1n) is 25.6. The summed E-state index contributed by atoms with van der Waals surface area (Å²) in [7, 11) is 0. The summed E-state index contributed by atoms with van der Waals surface area (Å²) in [5, 5.41) is 8.94. The summed E-state index contributed by atoms with van der Waals surface area (Å²) in [5.74, 6) is 0.126. The number of benzene rings is 4. The second-order valence-corrected chi connectivity index (χ2v) is 20.9. The number of para-hydroxylation sites is 2. The number of carbonyl (C=O) groups is 4. The predicted molar refractivity (Wildman–Crippen MR) is 273 cm³/mol. The number of carbonyl (C=O) groups excluding carboxylic acids is 4. The number of hydrogen-bond donors (Lipinski definition) is 4. The van der Waals surface area contributed by atoms with Crippen LogP contribution in [-0.4, -0.2) is 111 Å². The first-order valence-corrected chi connectivity index (χ1v) is 25.6. The summed E-state index contributed by atoms with van der Waals surface area (Å²) >= 11 is 0. The fourth-order valence-electron chi connectivity index (χ4n) is 12.1. The van der Waals surface area contributed by atoms with Gasteiger partial charge in [0.2, 0.25) is 5.91 Å². The van der Waals surface area contributed by atoms with Gasteiger partial charge in [-0.05, 0) is 93.3 Å². The maximum absolute atomic E-state index is 14.6. The van der Waals surface area contributed by atoms with Gasteiger partial charge >= 0.3 is 18.3 Å². The quantitative estimate of drug-likeness (QED) is 0.104. The number of aromatic nitrogens is 2. The van der Waals surface area contributed by atoms with Crippen LogP contribution in [0.15, 0.2) is 122 Å². The standard InChI is InChI=1S/C35H44N4O5.C22H23N3O2/c1-35(2,3)44-33(41)37-30(24-14-8-5-9-15-24)32(40)38-19-18-29-31(38)27(26-20-36-28-17-11-10-16-25(26)28)21-39(29)34(42)43-22-23-12-6-4-7-13-23;26-22(27-14-15-6-2-1-3-7-15)25-13-18(21-20(25)10-11-23-21)17-12-24-19-9-5-4-8-16(17)19/h4,6-7,10-13,16-17,20,24,27,29-31,36H,5,8-9,14-15,18-19,21-22H2,1-3H3,(H,37,41);1-9,12,18,20-21,23-24H,10-11,13-14H2/t27-,29-,30+,31-;18-,20-,21-/m11/s1. The molecule has 5 fully saturated rings. The number of alkyl carbamates (subject to hydrolysis) is 1. The Labute approximate surface area is 415 Å². The highest BCUT2D eigenvalue weighted by Gasteiger charge is 2.54. The van der Waals surface area contributed by atoms with Crippen molar-refractivity contribution in [2.45, 2.75) is 127 Å². The van der Waals surface area contributed by atoms with Gasteiger partial charge in [0.25, 0.3) is 0 Å². The van der Waals surface area contributed by atoms with Gasteiger partial charge in [-0.3, -0.25) is 4.79 Å². The Kier molecular flexibility index (Phi) is 14.1. The van der Waals surface area contributed by atoms with Crippen molar-refractivity contribution in [3.8, 4) is 0 Å². The van der Waals surface area contributed by atoms with Crippen LogP contribution in [0.1, 0.15) is 99.8 Å². The third-order valence-corrected chi connectivity index (χ3v) is 15.4. The molecule has 0 spiro atoms. The minimum atomic E-state index is -0.674. The van der Waals surface area contributed by atoms with E-state index in [0.29, 0.717) is 32.7 Å². The molecule has 4 saturated heterocycles. The van der Waals surface area contributed by atoms with Gasteiger partial charge in [-0.15, -0.1) is 0 Å². The van der Waals surface area contributed by atoms with E-state index < -0.39 is 17.7 Å². The molecule has 11 rings (SSSR count). The normalized spacial score (nSPS) is 23.5. The van der Waals surface area contributed by atoms with Gasteiger partial charge in [-0.25, -0.2) is 14.4 Å². The molecule has 0 unspecified atom stereocenters. The van der Waals surface area contributed by atoms with Crippen LogP contribution in [0.5, 0.6) is 0 Å². The monoisotopic (exact) mass is 962 g/mol. The summed E-state index contributed by atoms with van der Waals surface area (Å²) in [6.07, 6.45) is 9.60. The molecule has 71 heavy (non-hydrogen) atoms. The van der Waals surface area contributed by atoms with Gasteiger partial charge < -0.3 is 49.5 Å². The minimum Gasteiger partial charge on any atom is -0.445 e. The third kappa shape index (κ3) is 10.4. The van der Waals surface area contributed by atoms with E-state index in [1.54, 1.807) is 0 Å². The van der Waals surface area contributed by atoms with Gasteiger partial charge in [0, 0.05) is 71.7 Å². The second-order valence-electron chi connectivity index (χ2n) is 20.9. The largest absolute Gasteiger partial charge is 0.445 e. The molecule has 372 valence electrons. The molecule has 5 aliphatic rings. The Morgan fingerprint density at radius 2 is 1.17 bits per heavy atom. The molecular formula is C57H67N7O7. The molecule has 7 atom stereocenters. The van der Waals surface area contributed by atoms with Crippen LogP contribution in [0.2, 0.25) is 0 Å². The number of likely N-dealkylation sites (tertiary alicyclic amines) is 3. The number of ether oxygens (including phenoxy) is 3. The van der Waals surface area contributed by atoms with Crippen LogP contribution in [0.3, 0.4) is 0 Å². The van der Waals surface area contributed by atoms with Crippen molar-refractivity contribution >= 4 is 46.0 Å². The lowest BCUT2D eigenvalue weighted by Crippen LogP contribution is -2.55. The van der Waals surface area contributed by atoms with Crippen molar-refractivity contribution in [1.82, 2.24) is 35.3 Å². The Morgan fingerprint density at radius 3 is 1.76 bits per heavy atom. The highest BCUT2D eigenvalue weighted by Crippen LogP contribution is 2.45. The first-order chi connectivity index (χ1) is 34.5. The van der Waals surface area contributed by atoms with Crippen LogP contribution in [-0.2, 0) is 32.2 Å². The number of rotatable bonds is 9. The van der Waals surface area contributed by atoms with Crippen LogP contribution in [0, 0.1) is 5.92 Å². The molecule has 4 aliphatic heterocycles. The van der Waals surface area contributed by atoms with Crippen LogP contribution in [0.4, 0.5) is 14.4 Å². The van der Waals surface area contributed by atoms with Gasteiger partial charge in [0.15, 0.2) is 0 Å². The average molecular weight is 962 g/mol. The van der Waals surface area contributed by atoms with Gasteiger partial charge in [0.05, 0.1) is 18.1 Å². The van der Waals surface area contributed by atoms with E-state index in [-0.39, 0.29) is 66.6 Å². The van der Waals surface area contributed by atoms with Crippen molar-refractivity contribution in [2.75, 3.05) is 26.2 Å². The number of fused-ring (bicyclic) bond motifs is 4. The molecule has 0 bridgehead atoms. The first kappa shape index (κ1) is 47.9. The fourth-order valence-corrected chi connectivity index (χ4v) is 12.1. The van der Waals surface area contributed by atoms with Gasteiger partial charge in [-0.1, -0.05) is 116 Å². The van der Waals surface area contributed by atoms with E-state index in [1.165, 1.54) is 10.9 Å². The molecule has 6 heterocycles. The Balaban J connectivity index is 0.000000183. The van der Waals surface area contributed by atoms with Crippen molar-refractivity contribution in [3.63, 3.8) is 0 Å². The number of aromatic amines is 2. The third-order valence-electron chi connectivity index (χ3n) is 15.4. The van der Waals surface area contributed by atoms with Gasteiger partial charge in [0.1, 0.15) is 24.9 Å². The Bertz CT molecular complexity index is 2800. The lowest BCUT2D eigenvalue weighted by Gasteiger charge is -2.36. The van der Waals surface area contributed by atoms with E-state index in [4.69, 9.17) is 14.2 Å². The molecule has 14 heteroatoms. The van der Waals surface area contributed by atoms with Gasteiger partial charge in [-0.2, -0.15) is 0 Å². The molecule has 6 aromatic rings. The van der Waals surface area contributed by atoms with E-state index in [1.807, 2.05) is 127 Å². The molecule has 4 aromatic carbocycles. The van der Waals surface area contributed by atoms with E-state index in [2.05, 4.69) is 51.1 Å². The minimum absolute atomic E-state index is 0.0442. The molecule has 1 aliphatic carbocycles. The zero-order chi connectivity index (χ0) is 49.1. The number of amides is 4. The molecule has 2 aromatic heterocycles. The summed E-state index contributed by atoms with van der Waals surface area (Å²) in [5.41, 5.74) is 5.81. The lowest BCUT2D eigenvalue weighted by molar-refractivity contribution is -0.136. The van der Waals surface area contributed by atoms with E-state index in [9.17, 15) is 19.2 Å². The van der Waals surface area contributed by atoms with Crippen molar-refractivity contribution < 1.29 is 33.4 Å². The van der Waals surface area contributed by atoms with E-state index >= 15 is 0 Å². The van der Waals surface area contributed by atoms with Crippen molar-refractivity contribution in [3.05, 3.63) is 144 Å². The zero-order valence-electron chi connectivity index (χ0n) is 41.1. The fraction of sp³-hybridized carbons (Fsp3) is 0.439. The molecule has 4 N–H and O–H groups in total. The number of nitrogens with zero attached hydrogens (tertiary/aromatic N) is 3. The molecule has 4 amide bonds. The summed E-state index contributed by atoms with van der Waals surface area (Å²) in [4.78, 5) is 66.4. The van der Waals surface area contributed by atoms with E-state index in [0.717, 1.165) is 78.2 Å². The molecule has 1 saturated carbocycles. The Hall–Kier alpha value is -6.80. The van der Waals surface area contributed by atoms with Crippen LogP contribution >= 0.6 is 0 Å².